The minimum absolute atomic E-state index is 0.00971. The highest BCUT2D eigenvalue weighted by Crippen LogP contribution is 2.41. The molecule has 2 N–H and O–H groups in total. The van der Waals surface area contributed by atoms with Gasteiger partial charge in [0.1, 0.15) is 40.5 Å². The van der Waals surface area contributed by atoms with Gasteiger partial charge in [-0.15, -0.1) is 0 Å². The van der Waals surface area contributed by atoms with Crippen LogP contribution in [-0.4, -0.2) is 44.1 Å². The van der Waals surface area contributed by atoms with Gasteiger partial charge in [0.15, 0.2) is 0 Å². The molecule has 0 bridgehead atoms. The molecule has 0 unspecified atom stereocenters. The Balaban J connectivity index is 1.81. The zero-order chi connectivity index (χ0) is 25.4. The van der Waals surface area contributed by atoms with E-state index in [1.807, 2.05) is 6.07 Å². The normalized spacial score (nSPS) is 16.6. The number of ether oxygens (including phenoxy) is 1. The van der Waals surface area contributed by atoms with E-state index < -0.39 is 30.0 Å². The molecule has 0 saturated carbocycles. The Hall–Kier alpha value is -3.25. The maximum Gasteiger partial charge on any atom is 0.294 e. The Morgan fingerprint density at radius 2 is 1.64 bits per heavy atom. The Labute approximate surface area is 207 Å². The molecule has 11 heteroatoms. The van der Waals surface area contributed by atoms with Crippen LogP contribution in [0, 0.1) is 0 Å². The zero-order valence-electron chi connectivity index (χ0n) is 18.9. The third-order valence-electron chi connectivity index (χ3n) is 6.98. The molecule has 6 rings (SSSR count). The van der Waals surface area contributed by atoms with Crippen molar-refractivity contribution in [2.75, 3.05) is 13.1 Å². The molecule has 3 aromatic rings. The van der Waals surface area contributed by atoms with Gasteiger partial charge in [-0.3, -0.25) is 4.55 Å². The van der Waals surface area contributed by atoms with Crippen LogP contribution in [-0.2, 0) is 33.1 Å². The van der Waals surface area contributed by atoms with Gasteiger partial charge in [-0.05, 0) is 43.2 Å². The van der Waals surface area contributed by atoms with Gasteiger partial charge < -0.3 is 14.4 Å². The molecule has 0 fully saturated rings. The lowest BCUT2D eigenvalue weighted by Gasteiger charge is -2.27. The fourth-order valence-electron chi connectivity index (χ4n) is 5.56. The summed E-state index contributed by atoms with van der Waals surface area (Å²) in [5.74, 6) is 0.763. The van der Waals surface area contributed by atoms with Gasteiger partial charge in [0.2, 0.25) is 5.36 Å². The smallest absolute Gasteiger partial charge is 0.294 e. The molecule has 36 heavy (non-hydrogen) atoms. The SMILES string of the molecule is O=S(=O)([O-])c1cc(S(=O)(=O)O)ccc1C1=c2cc3c4c(c2Oc2cc(O)ccc21)CCC[N+]=4CCC3. The summed E-state index contributed by atoms with van der Waals surface area (Å²) in [6.07, 6.45) is 3.46. The molecule has 0 atom stereocenters. The fourth-order valence-corrected chi connectivity index (χ4v) is 6.85. The third-order valence-corrected chi connectivity index (χ3v) is 8.70. The number of hydrogen-bond acceptors (Lipinski definition) is 7. The van der Waals surface area contributed by atoms with E-state index in [0.29, 0.717) is 28.2 Å². The predicted octanol–water partition coefficient (Wildman–Crippen LogP) is 1.28. The molecule has 0 radical (unpaired) electrons. The highest BCUT2D eigenvalue weighted by atomic mass is 32.2. The molecular weight excluding hydrogens is 506 g/mol. The number of aryl methyl sites for hydroxylation is 1. The summed E-state index contributed by atoms with van der Waals surface area (Å²) in [7, 11) is -9.91. The van der Waals surface area contributed by atoms with E-state index in [1.165, 1.54) is 18.2 Å². The van der Waals surface area contributed by atoms with E-state index in [-0.39, 0.29) is 17.1 Å². The van der Waals surface area contributed by atoms with Crippen LogP contribution in [0.1, 0.15) is 35.1 Å². The molecule has 0 spiro atoms. The van der Waals surface area contributed by atoms with Gasteiger partial charge >= 0.3 is 0 Å². The standard InChI is InChI=1S/C25H21NO8S2/c27-15-5-7-17-21(12-15)34-25-19-4-2-10-26-9-1-3-14(24(19)26)11-20(25)23(17)18-8-6-16(35(28,29)30)13-22(18)36(31,32)33/h5-8,11-13H,1-4,9-10H2,(H2,28,29,30,31,32,33). The molecule has 0 aliphatic carbocycles. The Morgan fingerprint density at radius 3 is 2.36 bits per heavy atom. The van der Waals surface area contributed by atoms with Crippen molar-refractivity contribution in [3.8, 4) is 17.2 Å². The van der Waals surface area contributed by atoms with Gasteiger partial charge in [0.25, 0.3) is 10.1 Å². The van der Waals surface area contributed by atoms with E-state index in [4.69, 9.17) is 4.74 Å². The van der Waals surface area contributed by atoms with Gasteiger partial charge in [-0.1, -0.05) is 6.07 Å². The first-order chi connectivity index (χ1) is 17.0. The van der Waals surface area contributed by atoms with Crippen molar-refractivity contribution in [1.29, 1.82) is 0 Å². The van der Waals surface area contributed by atoms with Gasteiger partial charge in [-0.25, -0.2) is 13.0 Å². The van der Waals surface area contributed by atoms with Gasteiger partial charge in [0, 0.05) is 46.4 Å². The van der Waals surface area contributed by atoms with Gasteiger partial charge in [0.05, 0.1) is 15.4 Å². The summed E-state index contributed by atoms with van der Waals surface area (Å²) in [4.78, 5) is -1.47. The van der Waals surface area contributed by atoms with Crippen molar-refractivity contribution in [2.24, 2.45) is 0 Å². The van der Waals surface area contributed by atoms with Crippen molar-refractivity contribution >= 4 is 25.8 Å². The molecular formula is C25H21NO8S2. The van der Waals surface area contributed by atoms with E-state index in [1.54, 1.807) is 6.07 Å². The van der Waals surface area contributed by atoms with Crippen molar-refractivity contribution in [1.82, 2.24) is 4.58 Å². The lowest BCUT2D eigenvalue weighted by Crippen LogP contribution is -2.45. The minimum Gasteiger partial charge on any atom is -0.744 e. The maximum absolute atomic E-state index is 12.3. The van der Waals surface area contributed by atoms with Crippen LogP contribution < -0.4 is 19.9 Å². The van der Waals surface area contributed by atoms with Crippen LogP contribution >= 0.6 is 0 Å². The summed E-state index contributed by atoms with van der Waals surface area (Å²) in [6, 6.07) is 9.32. The number of nitrogens with zero attached hydrogens (tertiary/aromatic N) is 1. The molecule has 0 amide bonds. The lowest BCUT2D eigenvalue weighted by atomic mass is 9.87. The molecule has 9 nitrogen and oxygen atoms in total. The molecule has 186 valence electrons. The molecule has 0 aromatic heterocycles. The summed E-state index contributed by atoms with van der Waals surface area (Å²) < 4.78 is 78.6. The second kappa shape index (κ2) is 7.87. The second-order valence-corrected chi connectivity index (χ2v) is 11.9. The third kappa shape index (κ3) is 3.62. The monoisotopic (exact) mass is 527 g/mol. The van der Waals surface area contributed by atoms with Crippen molar-refractivity contribution < 1.29 is 35.8 Å². The lowest BCUT2D eigenvalue weighted by molar-refractivity contribution is 0.430. The topological polar surface area (TPSA) is 144 Å². The Bertz CT molecular complexity index is 1820. The highest BCUT2D eigenvalue weighted by Gasteiger charge is 2.32. The minimum atomic E-state index is -5.15. The van der Waals surface area contributed by atoms with Crippen LogP contribution in [0.25, 0.3) is 5.57 Å². The average Bonchev–Trinajstić information content (AvgIpc) is 2.82. The number of aromatic hydroxyl groups is 1. The van der Waals surface area contributed by atoms with Crippen molar-refractivity contribution in [3.05, 3.63) is 75.3 Å². The first-order valence-corrected chi connectivity index (χ1v) is 14.3. The average molecular weight is 528 g/mol. The number of hydrogen-bond donors (Lipinski definition) is 2. The summed E-state index contributed by atoms with van der Waals surface area (Å²) in [6.45, 7) is 1.87. The fraction of sp³-hybridized carbons (Fsp3) is 0.240. The second-order valence-electron chi connectivity index (χ2n) is 9.18. The number of rotatable bonds is 3. The molecule has 0 saturated heterocycles. The Kier molecular flexibility index (Phi) is 5.07. The van der Waals surface area contributed by atoms with Crippen LogP contribution in [0.2, 0.25) is 0 Å². The predicted molar refractivity (Wildman–Crippen MR) is 127 cm³/mol. The van der Waals surface area contributed by atoms with Crippen LogP contribution in [0.3, 0.4) is 0 Å². The summed E-state index contributed by atoms with van der Waals surface area (Å²) >= 11 is 0. The van der Waals surface area contributed by atoms with Crippen molar-refractivity contribution in [2.45, 2.75) is 35.5 Å². The van der Waals surface area contributed by atoms with E-state index in [0.717, 1.165) is 61.3 Å². The maximum atomic E-state index is 12.3. The van der Waals surface area contributed by atoms with Gasteiger partial charge in [-0.2, -0.15) is 8.42 Å². The van der Waals surface area contributed by atoms with Crippen LogP contribution in [0.5, 0.6) is 17.2 Å². The first kappa shape index (κ1) is 23.2. The van der Waals surface area contributed by atoms with E-state index in [2.05, 4.69) is 4.58 Å². The largest absolute Gasteiger partial charge is 0.744 e. The number of benzene rings is 3. The van der Waals surface area contributed by atoms with Crippen molar-refractivity contribution in [3.63, 3.8) is 0 Å². The van der Waals surface area contributed by atoms with Crippen LogP contribution in [0.4, 0.5) is 0 Å². The zero-order valence-corrected chi connectivity index (χ0v) is 20.5. The highest BCUT2D eigenvalue weighted by molar-refractivity contribution is 7.86. The summed E-state index contributed by atoms with van der Waals surface area (Å²) in [5, 5.41) is 11.8. The Morgan fingerprint density at radius 1 is 0.917 bits per heavy atom. The number of phenolic OH excluding ortho intramolecular Hbond substituents is 1. The quantitative estimate of drug-likeness (QED) is 0.300. The van der Waals surface area contributed by atoms with E-state index >= 15 is 0 Å². The molecule has 3 heterocycles. The number of fused-ring (bicyclic) bond motifs is 3. The van der Waals surface area contributed by atoms with Crippen LogP contribution in [0.15, 0.2) is 52.3 Å². The first-order valence-electron chi connectivity index (χ1n) is 11.4. The number of phenols is 1. The summed E-state index contributed by atoms with van der Waals surface area (Å²) in [5.41, 5.74) is 2.90. The van der Waals surface area contributed by atoms with E-state index in [9.17, 15) is 31.0 Å². The molecule has 3 aliphatic rings. The molecule has 3 aromatic carbocycles. The molecule has 3 aliphatic heterocycles.